The van der Waals surface area contributed by atoms with E-state index in [1.807, 2.05) is 0 Å². The van der Waals surface area contributed by atoms with Crippen LogP contribution in [0.4, 0.5) is 5.00 Å². The van der Waals surface area contributed by atoms with E-state index in [1.54, 1.807) is 47.0 Å². The fourth-order valence-corrected chi connectivity index (χ4v) is 5.24. The van der Waals surface area contributed by atoms with Crippen LogP contribution in [0.5, 0.6) is 5.75 Å². The molecule has 1 aromatic heterocycles. The molecule has 1 aliphatic rings. The van der Waals surface area contributed by atoms with E-state index < -0.39 is 10.0 Å². The number of hydrogen-bond donors (Lipinski definition) is 0. The van der Waals surface area contributed by atoms with E-state index in [1.165, 1.54) is 10.6 Å². The number of piperazine rings is 1. The topological polar surface area (TPSA) is 49.9 Å². The minimum Gasteiger partial charge on any atom is -0.497 e. The third kappa shape index (κ3) is 3.43. The van der Waals surface area contributed by atoms with Gasteiger partial charge in [0.1, 0.15) is 5.75 Å². The molecule has 2 heterocycles. The van der Waals surface area contributed by atoms with Gasteiger partial charge in [-0.25, -0.2) is 8.42 Å². The van der Waals surface area contributed by atoms with E-state index in [0.717, 1.165) is 19.5 Å². The van der Waals surface area contributed by atoms with Crippen molar-refractivity contribution < 1.29 is 13.2 Å². The summed E-state index contributed by atoms with van der Waals surface area (Å²) in [6.07, 6.45) is 1.03. The van der Waals surface area contributed by atoms with E-state index in [-0.39, 0.29) is 0 Å². The summed E-state index contributed by atoms with van der Waals surface area (Å²) >= 11 is 1.73. The van der Waals surface area contributed by atoms with Gasteiger partial charge in [-0.1, -0.05) is 6.92 Å². The van der Waals surface area contributed by atoms with Crippen LogP contribution in [0.2, 0.25) is 0 Å². The summed E-state index contributed by atoms with van der Waals surface area (Å²) in [4.78, 5) is 2.59. The molecule has 0 atom stereocenters. The van der Waals surface area contributed by atoms with Crippen LogP contribution in [-0.4, -0.2) is 46.0 Å². The molecule has 0 spiro atoms. The predicted molar refractivity (Wildman–Crippen MR) is 97.7 cm³/mol. The first-order chi connectivity index (χ1) is 11.5. The largest absolute Gasteiger partial charge is 0.497 e. The highest BCUT2D eigenvalue weighted by molar-refractivity contribution is 7.89. The Balaban J connectivity index is 1.68. The Hall–Kier alpha value is -1.57. The molecule has 5 nitrogen and oxygen atoms in total. The number of thiophene rings is 1. The first-order valence-corrected chi connectivity index (χ1v) is 10.3. The molecule has 0 saturated carbocycles. The van der Waals surface area contributed by atoms with E-state index in [2.05, 4.69) is 23.3 Å². The SMILES string of the molecule is CCc1csc(N2CCN(S(=O)(=O)c3ccc(OC)cc3)CC2)c1. The molecule has 1 saturated heterocycles. The molecule has 0 radical (unpaired) electrons. The van der Waals surface area contributed by atoms with Crippen molar-refractivity contribution in [2.24, 2.45) is 0 Å². The molecule has 7 heteroatoms. The zero-order valence-corrected chi connectivity index (χ0v) is 15.6. The summed E-state index contributed by atoms with van der Waals surface area (Å²) in [5.74, 6) is 0.656. The smallest absolute Gasteiger partial charge is 0.243 e. The van der Waals surface area contributed by atoms with Crippen LogP contribution >= 0.6 is 11.3 Å². The average molecular weight is 367 g/mol. The molecule has 24 heavy (non-hydrogen) atoms. The number of anilines is 1. The predicted octanol–water partition coefficient (Wildman–Crippen LogP) is 2.83. The summed E-state index contributed by atoms with van der Waals surface area (Å²) in [5, 5.41) is 3.41. The quantitative estimate of drug-likeness (QED) is 0.816. The summed E-state index contributed by atoms with van der Waals surface area (Å²) in [7, 11) is -1.87. The van der Waals surface area contributed by atoms with E-state index in [4.69, 9.17) is 4.74 Å². The zero-order chi connectivity index (χ0) is 17.2. The van der Waals surface area contributed by atoms with Crippen LogP contribution in [0.1, 0.15) is 12.5 Å². The van der Waals surface area contributed by atoms with E-state index >= 15 is 0 Å². The second-order valence-corrected chi connectivity index (χ2v) is 8.54. The van der Waals surface area contributed by atoms with Crippen molar-refractivity contribution >= 4 is 26.4 Å². The van der Waals surface area contributed by atoms with Gasteiger partial charge in [0.15, 0.2) is 0 Å². The third-order valence-corrected chi connectivity index (χ3v) is 7.25. The van der Waals surface area contributed by atoms with Gasteiger partial charge < -0.3 is 9.64 Å². The Morgan fingerprint density at radius 1 is 1.12 bits per heavy atom. The van der Waals surface area contributed by atoms with Crippen LogP contribution in [-0.2, 0) is 16.4 Å². The molecule has 0 N–H and O–H groups in total. The Morgan fingerprint density at radius 3 is 2.33 bits per heavy atom. The molecule has 2 aromatic rings. The number of sulfonamides is 1. The molecule has 0 unspecified atom stereocenters. The number of benzene rings is 1. The lowest BCUT2D eigenvalue weighted by Crippen LogP contribution is -2.48. The maximum Gasteiger partial charge on any atom is 0.243 e. The summed E-state index contributed by atoms with van der Waals surface area (Å²) in [5.41, 5.74) is 1.34. The minimum absolute atomic E-state index is 0.321. The van der Waals surface area contributed by atoms with Gasteiger partial charge in [0, 0.05) is 26.2 Å². The van der Waals surface area contributed by atoms with Crippen molar-refractivity contribution in [3.8, 4) is 5.75 Å². The second kappa shape index (κ2) is 7.13. The average Bonchev–Trinajstić information content (AvgIpc) is 3.11. The second-order valence-electron chi connectivity index (χ2n) is 5.71. The van der Waals surface area contributed by atoms with Gasteiger partial charge in [-0.15, -0.1) is 11.3 Å². The zero-order valence-electron chi connectivity index (χ0n) is 13.9. The van der Waals surface area contributed by atoms with Crippen LogP contribution in [0.15, 0.2) is 40.6 Å². The number of nitrogens with zero attached hydrogens (tertiary/aromatic N) is 2. The summed E-state index contributed by atoms with van der Waals surface area (Å²) < 4.78 is 32.2. The van der Waals surface area contributed by atoms with Crippen molar-refractivity contribution in [3.63, 3.8) is 0 Å². The fourth-order valence-electron chi connectivity index (χ4n) is 2.76. The van der Waals surface area contributed by atoms with E-state index in [0.29, 0.717) is 23.7 Å². The first kappa shape index (κ1) is 17.3. The molecule has 0 amide bonds. The number of hydrogen-bond acceptors (Lipinski definition) is 5. The summed E-state index contributed by atoms with van der Waals surface area (Å²) in [6, 6.07) is 8.78. The molecule has 1 aliphatic heterocycles. The van der Waals surface area contributed by atoms with Gasteiger partial charge >= 0.3 is 0 Å². The normalized spacial score (nSPS) is 16.3. The number of ether oxygens (including phenoxy) is 1. The maximum atomic E-state index is 12.7. The highest BCUT2D eigenvalue weighted by Gasteiger charge is 2.28. The first-order valence-electron chi connectivity index (χ1n) is 8.01. The van der Waals surface area contributed by atoms with Crippen LogP contribution in [0.25, 0.3) is 0 Å². The highest BCUT2D eigenvalue weighted by atomic mass is 32.2. The van der Waals surface area contributed by atoms with Crippen LogP contribution in [0.3, 0.4) is 0 Å². The molecule has 1 aromatic carbocycles. The minimum atomic E-state index is -3.44. The molecule has 1 fully saturated rings. The van der Waals surface area contributed by atoms with Gasteiger partial charge in [0.05, 0.1) is 17.0 Å². The van der Waals surface area contributed by atoms with Crippen LogP contribution < -0.4 is 9.64 Å². The third-order valence-electron chi connectivity index (χ3n) is 4.30. The van der Waals surface area contributed by atoms with Gasteiger partial charge in [-0.05, 0) is 47.7 Å². The van der Waals surface area contributed by atoms with Gasteiger partial charge in [0.2, 0.25) is 10.0 Å². The monoisotopic (exact) mass is 366 g/mol. The standard InChI is InChI=1S/C17H22N2O3S2/c1-3-14-12-17(23-13-14)18-8-10-19(11-9-18)24(20,21)16-6-4-15(22-2)5-7-16/h4-7,12-13H,3,8-11H2,1-2H3. The van der Waals surface area contributed by atoms with E-state index in [9.17, 15) is 8.42 Å². The fraction of sp³-hybridized carbons (Fsp3) is 0.412. The van der Waals surface area contributed by atoms with Crippen molar-refractivity contribution in [1.29, 1.82) is 0 Å². The van der Waals surface area contributed by atoms with Gasteiger partial charge in [-0.3, -0.25) is 0 Å². The molecule has 0 aliphatic carbocycles. The molecule has 130 valence electrons. The Kier molecular flexibility index (Phi) is 5.12. The number of methoxy groups -OCH3 is 1. The Labute approximate surface area is 147 Å². The Bertz CT molecular complexity index is 776. The van der Waals surface area contributed by atoms with Crippen molar-refractivity contribution in [2.45, 2.75) is 18.2 Å². The summed E-state index contributed by atoms with van der Waals surface area (Å²) in [6.45, 7) is 4.60. The highest BCUT2D eigenvalue weighted by Crippen LogP contribution is 2.27. The number of rotatable bonds is 5. The van der Waals surface area contributed by atoms with Gasteiger partial charge in [0.25, 0.3) is 0 Å². The van der Waals surface area contributed by atoms with Crippen molar-refractivity contribution in [3.05, 3.63) is 41.3 Å². The molecule has 3 rings (SSSR count). The maximum absolute atomic E-state index is 12.7. The number of aryl methyl sites for hydroxylation is 1. The van der Waals surface area contributed by atoms with Crippen molar-refractivity contribution in [2.75, 3.05) is 38.2 Å². The lowest BCUT2D eigenvalue weighted by molar-refractivity contribution is 0.385. The molecular weight excluding hydrogens is 344 g/mol. The Morgan fingerprint density at radius 2 is 1.79 bits per heavy atom. The molecule has 0 bridgehead atoms. The lowest BCUT2D eigenvalue weighted by Gasteiger charge is -2.34. The lowest BCUT2D eigenvalue weighted by atomic mass is 10.2. The van der Waals surface area contributed by atoms with Crippen molar-refractivity contribution in [1.82, 2.24) is 4.31 Å². The van der Waals surface area contributed by atoms with Crippen LogP contribution in [0, 0.1) is 0 Å². The van der Waals surface area contributed by atoms with Gasteiger partial charge in [-0.2, -0.15) is 4.31 Å². The molecular formula is C17H22N2O3S2.